The molecule has 3 rings (SSSR count). The standard InChI is InChI=1S/C21H18BrN3O2/c22-19-9-2-1-6-16(19)12-20(26)24-13-15-5-3-8-18(11-15)25-21(27)17-7-4-10-23-14-17/h1-11,14H,12-13H2,(H,24,26)(H,25,27). The zero-order valence-corrected chi connectivity index (χ0v) is 16.1. The van der Waals surface area contributed by atoms with Gasteiger partial charge in [0, 0.05) is 29.1 Å². The SMILES string of the molecule is O=C(Cc1ccccc1Br)NCc1cccc(NC(=O)c2cccnc2)c1. The summed E-state index contributed by atoms with van der Waals surface area (Å²) in [5.41, 5.74) is 3.00. The van der Waals surface area contributed by atoms with E-state index in [2.05, 4.69) is 31.5 Å². The zero-order chi connectivity index (χ0) is 19.1. The molecule has 6 heteroatoms. The highest BCUT2D eigenvalue weighted by Crippen LogP contribution is 2.16. The van der Waals surface area contributed by atoms with Gasteiger partial charge in [-0.15, -0.1) is 0 Å². The summed E-state index contributed by atoms with van der Waals surface area (Å²) in [6.45, 7) is 0.389. The number of aromatic nitrogens is 1. The molecule has 1 aromatic heterocycles. The fourth-order valence-corrected chi connectivity index (χ4v) is 2.96. The third-order valence-electron chi connectivity index (χ3n) is 3.91. The topological polar surface area (TPSA) is 71.1 Å². The van der Waals surface area contributed by atoms with Crippen LogP contribution >= 0.6 is 15.9 Å². The van der Waals surface area contributed by atoms with Crippen molar-refractivity contribution in [2.24, 2.45) is 0 Å². The number of amides is 2. The first-order valence-corrected chi connectivity index (χ1v) is 9.21. The van der Waals surface area contributed by atoms with Gasteiger partial charge in [0.05, 0.1) is 12.0 Å². The summed E-state index contributed by atoms with van der Waals surface area (Å²) in [4.78, 5) is 28.3. The highest BCUT2D eigenvalue weighted by atomic mass is 79.9. The predicted octanol–water partition coefficient (Wildman–Crippen LogP) is 3.96. The summed E-state index contributed by atoms with van der Waals surface area (Å²) < 4.78 is 0.917. The van der Waals surface area contributed by atoms with E-state index < -0.39 is 0 Å². The lowest BCUT2D eigenvalue weighted by molar-refractivity contribution is -0.120. The highest BCUT2D eigenvalue weighted by Gasteiger charge is 2.08. The van der Waals surface area contributed by atoms with Crippen molar-refractivity contribution in [1.29, 1.82) is 0 Å². The van der Waals surface area contributed by atoms with Crippen molar-refractivity contribution in [1.82, 2.24) is 10.3 Å². The minimum Gasteiger partial charge on any atom is -0.352 e. The average Bonchev–Trinajstić information content (AvgIpc) is 2.69. The van der Waals surface area contributed by atoms with Crippen molar-refractivity contribution in [3.05, 3.63) is 94.2 Å². The van der Waals surface area contributed by atoms with Crippen LogP contribution in [-0.4, -0.2) is 16.8 Å². The molecule has 0 aliphatic carbocycles. The Morgan fingerprint density at radius 2 is 1.85 bits per heavy atom. The Morgan fingerprint density at radius 3 is 2.63 bits per heavy atom. The molecule has 0 saturated carbocycles. The molecule has 3 aromatic rings. The van der Waals surface area contributed by atoms with E-state index in [1.165, 1.54) is 6.20 Å². The number of nitrogens with zero attached hydrogens (tertiary/aromatic N) is 1. The molecule has 0 aliphatic rings. The summed E-state index contributed by atoms with van der Waals surface area (Å²) in [6.07, 6.45) is 3.44. The molecule has 5 nitrogen and oxygen atoms in total. The van der Waals surface area contributed by atoms with Gasteiger partial charge in [0.1, 0.15) is 0 Å². The van der Waals surface area contributed by atoms with E-state index in [1.54, 1.807) is 24.4 Å². The van der Waals surface area contributed by atoms with Crippen molar-refractivity contribution >= 4 is 33.4 Å². The van der Waals surface area contributed by atoms with Gasteiger partial charge >= 0.3 is 0 Å². The van der Waals surface area contributed by atoms with Crippen LogP contribution in [0.5, 0.6) is 0 Å². The summed E-state index contributed by atoms with van der Waals surface area (Å²) in [7, 11) is 0. The lowest BCUT2D eigenvalue weighted by Crippen LogP contribution is -2.24. The maximum atomic E-state index is 12.2. The molecule has 2 amide bonds. The number of rotatable bonds is 6. The third-order valence-corrected chi connectivity index (χ3v) is 4.68. The second kappa shape index (κ2) is 9.09. The van der Waals surface area contributed by atoms with Gasteiger partial charge in [-0.2, -0.15) is 0 Å². The Balaban J connectivity index is 1.57. The first kappa shape index (κ1) is 18.8. The van der Waals surface area contributed by atoms with E-state index in [1.807, 2.05) is 42.5 Å². The minimum atomic E-state index is -0.224. The maximum absolute atomic E-state index is 12.2. The minimum absolute atomic E-state index is 0.0632. The molecule has 27 heavy (non-hydrogen) atoms. The second-order valence-electron chi connectivity index (χ2n) is 5.94. The number of pyridine rings is 1. The molecule has 136 valence electrons. The van der Waals surface area contributed by atoms with Gasteiger partial charge in [0.2, 0.25) is 5.91 Å². The Bertz CT molecular complexity index is 945. The number of carbonyl (C=O) groups excluding carboxylic acids is 2. The fourth-order valence-electron chi connectivity index (χ4n) is 2.54. The Kier molecular flexibility index (Phi) is 6.33. The molecule has 0 fully saturated rings. The third kappa shape index (κ3) is 5.49. The predicted molar refractivity (Wildman–Crippen MR) is 108 cm³/mol. The number of carbonyl (C=O) groups is 2. The normalized spacial score (nSPS) is 10.3. The zero-order valence-electron chi connectivity index (χ0n) is 14.5. The fraction of sp³-hybridized carbons (Fsp3) is 0.0952. The van der Waals surface area contributed by atoms with Crippen LogP contribution < -0.4 is 10.6 Å². The van der Waals surface area contributed by atoms with Gasteiger partial charge in [0.15, 0.2) is 0 Å². The smallest absolute Gasteiger partial charge is 0.257 e. The van der Waals surface area contributed by atoms with Gasteiger partial charge in [-0.3, -0.25) is 14.6 Å². The van der Waals surface area contributed by atoms with Crippen LogP contribution in [0.4, 0.5) is 5.69 Å². The van der Waals surface area contributed by atoms with E-state index in [4.69, 9.17) is 0 Å². The first-order chi connectivity index (χ1) is 13.1. The first-order valence-electron chi connectivity index (χ1n) is 8.42. The molecule has 0 aliphatic heterocycles. The number of benzene rings is 2. The van der Waals surface area contributed by atoms with Gasteiger partial charge in [0.25, 0.3) is 5.91 Å². The van der Waals surface area contributed by atoms with Crippen LogP contribution in [-0.2, 0) is 17.8 Å². The van der Waals surface area contributed by atoms with E-state index >= 15 is 0 Å². The van der Waals surface area contributed by atoms with Crippen LogP contribution in [0.3, 0.4) is 0 Å². The van der Waals surface area contributed by atoms with Crippen LogP contribution in [0, 0.1) is 0 Å². The van der Waals surface area contributed by atoms with Gasteiger partial charge < -0.3 is 10.6 Å². The molecule has 1 heterocycles. The molecule has 0 radical (unpaired) electrons. The number of nitrogens with one attached hydrogen (secondary N) is 2. The van der Waals surface area contributed by atoms with E-state index in [0.29, 0.717) is 24.2 Å². The van der Waals surface area contributed by atoms with E-state index in [9.17, 15) is 9.59 Å². The van der Waals surface area contributed by atoms with Crippen LogP contribution in [0.25, 0.3) is 0 Å². The molecule has 0 bridgehead atoms. The van der Waals surface area contributed by atoms with Gasteiger partial charge in [-0.05, 0) is 41.5 Å². The average molecular weight is 424 g/mol. The van der Waals surface area contributed by atoms with E-state index in [-0.39, 0.29) is 11.8 Å². The van der Waals surface area contributed by atoms with Gasteiger partial charge in [-0.1, -0.05) is 46.3 Å². The van der Waals surface area contributed by atoms with Crippen LogP contribution in [0.1, 0.15) is 21.5 Å². The molecular weight excluding hydrogens is 406 g/mol. The van der Waals surface area contributed by atoms with Gasteiger partial charge in [-0.25, -0.2) is 0 Å². The number of hydrogen-bond acceptors (Lipinski definition) is 3. The lowest BCUT2D eigenvalue weighted by Gasteiger charge is -2.09. The molecular formula is C21H18BrN3O2. The summed E-state index contributed by atoms with van der Waals surface area (Å²) >= 11 is 3.45. The van der Waals surface area contributed by atoms with E-state index in [0.717, 1.165) is 15.6 Å². The number of anilines is 1. The molecule has 2 aromatic carbocycles. The molecule has 0 unspecified atom stereocenters. The van der Waals surface area contributed by atoms with Crippen molar-refractivity contribution in [3.8, 4) is 0 Å². The second-order valence-corrected chi connectivity index (χ2v) is 6.80. The van der Waals surface area contributed by atoms with Crippen molar-refractivity contribution < 1.29 is 9.59 Å². The molecule has 0 atom stereocenters. The largest absolute Gasteiger partial charge is 0.352 e. The highest BCUT2D eigenvalue weighted by molar-refractivity contribution is 9.10. The lowest BCUT2D eigenvalue weighted by atomic mass is 10.1. The Morgan fingerprint density at radius 1 is 1.00 bits per heavy atom. The van der Waals surface area contributed by atoms with Crippen molar-refractivity contribution in [2.45, 2.75) is 13.0 Å². The summed E-state index contributed by atoms with van der Waals surface area (Å²) in [5, 5.41) is 5.74. The van der Waals surface area contributed by atoms with Crippen LogP contribution in [0.15, 0.2) is 77.5 Å². The Hall–Kier alpha value is -2.99. The summed E-state index contributed by atoms with van der Waals surface area (Å²) in [5.74, 6) is -0.287. The number of hydrogen-bond donors (Lipinski definition) is 2. The molecule has 2 N–H and O–H groups in total. The summed E-state index contributed by atoms with van der Waals surface area (Å²) in [6, 6.07) is 18.5. The van der Waals surface area contributed by atoms with Crippen LogP contribution in [0.2, 0.25) is 0 Å². The number of halogens is 1. The Labute approximate surface area is 166 Å². The maximum Gasteiger partial charge on any atom is 0.257 e. The van der Waals surface area contributed by atoms with Crippen molar-refractivity contribution in [3.63, 3.8) is 0 Å². The molecule has 0 saturated heterocycles. The quantitative estimate of drug-likeness (QED) is 0.630. The molecule has 0 spiro atoms. The monoisotopic (exact) mass is 423 g/mol. The van der Waals surface area contributed by atoms with Crippen molar-refractivity contribution in [2.75, 3.05) is 5.32 Å².